The van der Waals surface area contributed by atoms with Gasteiger partial charge in [0.2, 0.25) is 0 Å². The summed E-state index contributed by atoms with van der Waals surface area (Å²) in [6.07, 6.45) is 4.82. The lowest BCUT2D eigenvalue weighted by Gasteiger charge is -2.39. The molecule has 17 heavy (non-hydrogen) atoms. The zero-order chi connectivity index (χ0) is 12.3. The topological polar surface area (TPSA) is 30.3 Å². The Morgan fingerprint density at radius 3 is 2.71 bits per heavy atom. The van der Waals surface area contributed by atoms with Gasteiger partial charge in [0.25, 0.3) is 0 Å². The summed E-state index contributed by atoms with van der Waals surface area (Å²) in [7, 11) is 2.20. The molecule has 3 nitrogen and oxygen atoms in total. The molecule has 1 heterocycles. The summed E-state index contributed by atoms with van der Waals surface area (Å²) in [6.45, 7) is 7.02. The first-order chi connectivity index (χ1) is 8.20. The van der Waals surface area contributed by atoms with Crippen LogP contribution in [0, 0.1) is 23.2 Å². The molecule has 0 aromatic rings. The standard InChI is InChI=1S/C14H25N3/c1-12-4-5-13(11-15)14(10-12)17-7-3-6-16(2)8-9-17/h12-14H,3-10H2,1-2H3. The first-order valence-electron chi connectivity index (χ1n) is 7.03. The normalized spacial score (nSPS) is 37.4. The third kappa shape index (κ3) is 3.20. The summed E-state index contributed by atoms with van der Waals surface area (Å²) < 4.78 is 0. The molecule has 2 fully saturated rings. The summed E-state index contributed by atoms with van der Waals surface area (Å²) in [5.41, 5.74) is 0. The van der Waals surface area contributed by atoms with Crippen molar-refractivity contribution in [3.05, 3.63) is 0 Å². The third-order valence-corrected chi connectivity index (χ3v) is 4.47. The van der Waals surface area contributed by atoms with E-state index in [9.17, 15) is 5.26 Å². The molecule has 1 saturated heterocycles. The lowest BCUT2D eigenvalue weighted by Crippen LogP contribution is -2.45. The first kappa shape index (κ1) is 12.9. The summed E-state index contributed by atoms with van der Waals surface area (Å²) in [6, 6.07) is 3.07. The van der Waals surface area contributed by atoms with Crippen molar-refractivity contribution < 1.29 is 0 Å². The third-order valence-electron chi connectivity index (χ3n) is 4.47. The van der Waals surface area contributed by atoms with Gasteiger partial charge in [-0.15, -0.1) is 0 Å². The maximum atomic E-state index is 9.31. The highest BCUT2D eigenvalue weighted by Crippen LogP contribution is 2.32. The number of hydrogen-bond donors (Lipinski definition) is 0. The van der Waals surface area contributed by atoms with E-state index in [1.165, 1.54) is 32.4 Å². The highest BCUT2D eigenvalue weighted by atomic mass is 15.2. The average Bonchev–Trinajstić information content (AvgIpc) is 2.54. The lowest BCUT2D eigenvalue weighted by atomic mass is 9.79. The molecule has 1 aliphatic heterocycles. The van der Waals surface area contributed by atoms with Crippen molar-refractivity contribution in [1.82, 2.24) is 9.80 Å². The largest absolute Gasteiger partial charge is 0.305 e. The maximum Gasteiger partial charge on any atom is 0.0672 e. The Balaban J connectivity index is 2.00. The Hall–Kier alpha value is -0.590. The van der Waals surface area contributed by atoms with Gasteiger partial charge in [-0.3, -0.25) is 4.90 Å². The van der Waals surface area contributed by atoms with Crippen molar-refractivity contribution >= 4 is 0 Å². The van der Waals surface area contributed by atoms with E-state index in [2.05, 4.69) is 29.8 Å². The molecule has 0 amide bonds. The number of hydrogen-bond acceptors (Lipinski definition) is 3. The number of rotatable bonds is 1. The molecular formula is C14H25N3. The van der Waals surface area contributed by atoms with Crippen LogP contribution in [0.25, 0.3) is 0 Å². The van der Waals surface area contributed by atoms with Gasteiger partial charge in [-0.1, -0.05) is 6.92 Å². The average molecular weight is 235 g/mol. The van der Waals surface area contributed by atoms with Crippen molar-refractivity contribution in [2.45, 2.75) is 38.6 Å². The minimum Gasteiger partial charge on any atom is -0.305 e. The Morgan fingerprint density at radius 1 is 1.12 bits per heavy atom. The van der Waals surface area contributed by atoms with E-state index >= 15 is 0 Å². The molecule has 1 aliphatic carbocycles. The summed E-state index contributed by atoms with van der Waals surface area (Å²) in [5, 5.41) is 9.31. The fraction of sp³-hybridized carbons (Fsp3) is 0.929. The van der Waals surface area contributed by atoms with Gasteiger partial charge in [0, 0.05) is 19.1 Å². The van der Waals surface area contributed by atoms with Crippen LogP contribution in [0.3, 0.4) is 0 Å². The smallest absolute Gasteiger partial charge is 0.0672 e. The van der Waals surface area contributed by atoms with Crippen LogP contribution in [-0.4, -0.2) is 49.1 Å². The van der Waals surface area contributed by atoms with Crippen molar-refractivity contribution in [3.63, 3.8) is 0 Å². The van der Waals surface area contributed by atoms with E-state index in [0.29, 0.717) is 6.04 Å². The summed E-state index contributed by atoms with van der Waals surface area (Å²) in [5.74, 6) is 1.07. The highest BCUT2D eigenvalue weighted by molar-refractivity contribution is 4.97. The molecular weight excluding hydrogens is 210 g/mol. The van der Waals surface area contributed by atoms with Gasteiger partial charge in [0.1, 0.15) is 0 Å². The van der Waals surface area contributed by atoms with E-state index in [0.717, 1.165) is 25.4 Å². The predicted octanol–water partition coefficient (Wildman–Crippen LogP) is 1.95. The van der Waals surface area contributed by atoms with Gasteiger partial charge >= 0.3 is 0 Å². The van der Waals surface area contributed by atoms with Gasteiger partial charge in [-0.25, -0.2) is 0 Å². The van der Waals surface area contributed by atoms with E-state index in [-0.39, 0.29) is 5.92 Å². The van der Waals surface area contributed by atoms with Crippen LogP contribution >= 0.6 is 0 Å². The van der Waals surface area contributed by atoms with Crippen molar-refractivity contribution in [3.8, 4) is 6.07 Å². The van der Waals surface area contributed by atoms with Crippen molar-refractivity contribution in [2.24, 2.45) is 11.8 Å². The van der Waals surface area contributed by atoms with E-state index in [1.54, 1.807) is 0 Å². The molecule has 2 rings (SSSR count). The molecule has 0 radical (unpaired) electrons. The second-order valence-electron chi connectivity index (χ2n) is 5.91. The second kappa shape index (κ2) is 5.84. The molecule has 2 aliphatic rings. The molecule has 96 valence electrons. The molecule has 0 N–H and O–H groups in total. The number of likely N-dealkylation sites (N-methyl/N-ethyl adjacent to an activating group) is 1. The number of nitrogens with zero attached hydrogens (tertiary/aromatic N) is 3. The molecule has 3 atom stereocenters. The van der Waals surface area contributed by atoms with Gasteiger partial charge in [0.15, 0.2) is 0 Å². The van der Waals surface area contributed by atoms with Gasteiger partial charge < -0.3 is 4.90 Å². The van der Waals surface area contributed by atoms with Gasteiger partial charge in [-0.05, 0) is 51.7 Å². The monoisotopic (exact) mass is 235 g/mol. The van der Waals surface area contributed by atoms with Crippen LogP contribution in [0.5, 0.6) is 0 Å². The van der Waals surface area contributed by atoms with Crippen LogP contribution in [0.15, 0.2) is 0 Å². The lowest BCUT2D eigenvalue weighted by molar-refractivity contribution is 0.109. The number of nitriles is 1. The zero-order valence-corrected chi connectivity index (χ0v) is 11.2. The van der Waals surface area contributed by atoms with Crippen LogP contribution in [0.1, 0.15) is 32.6 Å². The Kier molecular flexibility index (Phi) is 4.42. The summed E-state index contributed by atoms with van der Waals surface area (Å²) in [4.78, 5) is 5.00. The molecule has 0 aromatic heterocycles. The van der Waals surface area contributed by atoms with E-state index < -0.39 is 0 Å². The molecule has 0 spiro atoms. The Labute approximate surface area is 105 Å². The molecule has 1 saturated carbocycles. The fourth-order valence-electron chi connectivity index (χ4n) is 3.30. The van der Waals surface area contributed by atoms with E-state index in [4.69, 9.17) is 0 Å². The highest BCUT2D eigenvalue weighted by Gasteiger charge is 2.33. The second-order valence-corrected chi connectivity index (χ2v) is 5.91. The molecule has 3 unspecified atom stereocenters. The summed E-state index contributed by atoms with van der Waals surface area (Å²) >= 11 is 0. The predicted molar refractivity (Wildman–Crippen MR) is 69.6 cm³/mol. The van der Waals surface area contributed by atoms with Gasteiger partial charge in [0.05, 0.1) is 12.0 Å². The van der Waals surface area contributed by atoms with Crippen LogP contribution in [-0.2, 0) is 0 Å². The van der Waals surface area contributed by atoms with Crippen molar-refractivity contribution in [2.75, 3.05) is 33.2 Å². The van der Waals surface area contributed by atoms with E-state index in [1.807, 2.05) is 0 Å². The van der Waals surface area contributed by atoms with Crippen LogP contribution in [0.2, 0.25) is 0 Å². The Morgan fingerprint density at radius 2 is 1.94 bits per heavy atom. The van der Waals surface area contributed by atoms with Crippen LogP contribution < -0.4 is 0 Å². The van der Waals surface area contributed by atoms with Gasteiger partial charge in [-0.2, -0.15) is 5.26 Å². The molecule has 0 aromatic carbocycles. The van der Waals surface area contributed by atoms with Crippen LogP contribution in [0.4, 0.5) is 0 Å². The Bertz CT molecular complexity index is 284. The minimum atomic E-state index is 0.273. The molecule has 0 bridgehead atoms. The molecule has 3 heteroatoms. The maximum absolute atomic E-state index is 9.31. The zero-order valence-electron chi connectivity index (χ0n) is 11.2. The quantitative estimate of drug-likeness (QED) is 0.696. The first-order valence-corrected chi connectivity index (χ1v) is 7.03. The minimum absolute atomic E-state index is 0.273. The fourth-order valence-corrected chi connectivity index (χ4v) is 3.30. The van der Waals surface area contributed by atoms with Crippen molar-refractivity contribution in [1.29, 1.82) is 5.26 Å². The SMILES string of the molecule is CC1CCC(C#N)C(N2CCCN(C)CC2)C1.